The van der Waals surface area contributed by atoms with E-state index in [1.165, 1.54) is 11.1 Å². The monoisotopic (exact) mass is 635 g/mol. The van der Waals surface area contributed by atoms with Crippen LogP contribution >= 0.6 is 0 Å². The highest BCUT2D eigenvalue weighted by Crippen LogP contribution is 2.36. The van der Waals surface area contributed by atoms with Crippen LogP contribution in [0.5, 0.6) is 0 Å². The summed E-state index contributed by atoms with van der Waals surface area (Å²) < 4.78 is 12.3. The summed E-state index contributed by atoms with van der Waals surface area (Å²) in [6.45, 7) is 10.7. The van der Waals surface area contributed by atoms with Crippen LogP contribution in [0.4, 0.5) is 16.2 Å². The number of fused-ring (bicyclic) bond motifs is 1. The topological polar surface area (TPSA) is 133 Å². The van der Waals surface area contributed by atoms with E-state index in [9.17, 15) is 19.2 Å². The lowest BCUT2D eigenvalue weighted by Gasteiger charge is -2.39. The maximum Gasteiger partial charge on any atom is 0.494 e. The van der Waals surface area contributed by atoms with Crippen molar-refractivity contribution in [2.24, 2.45) is 0 Å². The number of nitrogens with one attached hydrogen (secondary N) is 3. The predicted octanol–water partition coefficient (Wildman–Crippen LogP) is 4.67. The largest absolute Gasteiger partial charge is 0.494 e. The number of urea groups is 1. The first-order chi connectivity index (χ1) is 22.3. The van der Waals surface area contributed by atoms with E-state index in [1.807, 2.05) is 65.0 Å². The van der Waals surface area contributed by atoms with Crippen molar-refractivity contribution in [3.05, 3.63) is 90.1 Å². The normalized spacial score (nSPS) is 18.7. The molecule has 242 valence electrons. The molecule has 12 heteroatoms. The third-order valence-electron chi connectivity index (χ3n) is 9.27. The lowest BCUT2D eigenvalue weighted by Crippen LogP contribution is -2.56. The Bertz CT molecular complexity index is 1840. The van der Waals surface area contributed by atoms with Gasteiger partial charge in [0, 0.05) is 48.5 Å². The van der Waals surface area contributed by atoms with Crippen molar-refractivity contribution in [2.75, 3.05) is 30.3 Å². The fraction of sp³-hybridized carbons (Fsp3) is 0.314. The Hall–Kier alpha value is -4.94. The van der Waals surface area contributed by atoms with Crippen molar-refractivity contribution in [2.45, 2.75) is 51.9 Å². The summed E-state index contributed by atoms with van der Waals surface area (Å²) in [4.78, 5) is 59.2. The van der Waals surface area contributed by atoms with Gasteiger partial charge in [0.2, 0.25) is 0 Å². The average Bonchev–Trinajstić information content (AvgIpc) is 3.58. The molecule has 3 aromatic carbocycles. The molecule has 2 aliphatic rings. The van der Waals surface area contributed by atoms with Gasteiger partial charge >= 0.3 is 13.1 Å². The van der Waals surface area contributed by atoms with Crippen molar-refractivity contribution < 1.29 is 28.5 Å². The molecule has 2 saturated heterocycles. The molecule has 3 N–H and O–H groups in total. The third kappa shape index (κ3) is 6.26. The quantitative estimate of drug-likeness (QED) is 0.160. The summed E-state index contributed by atoms with van der Waals surface area (Å²) in [7, 11) is -0.570. The van der Waals surface area contributed by atoms with Crippen LogP contribution in [0.15, 0.2) is 79.0 Å². The number of H-pyrrole nitrogens is 1. The molecule has 0 bridgehead atoms. The minimum absolute atomic E-state index is 0.103. The number of piperazine rings is 1. The number of para-hydroxylation sites is 1. The fourth-order valence-corrected chi connectivity index (χ4v) is 5.93. The van der Waals surface area contributed by atoms with Crippen molar-refractivity contribution in [3.63, 3.8) is 0 Å². The third-order valence-corrected chi connectivity index (χ3v) is 9.27. The van der Waals surface area contributed by atoms with Gasteiger partial charge in [-0.05, 0) is 70.4 Å². The summed E-state index contributed by atoms with van der Waals surface area (Å²) in [5.74, 6) is -1.40. The van der Waals surface area contributed by atoms with Crippen molar-refractivity contribution in [1.29, 1.82) is 0 Å². The van der Waals surface area contributed by atoms with E-state index in [-0.39, 0.29) is 24.1 Å². The molecule has 0 unspecified atom stereocenters. The Morgan fingerprint density at radius 1 is 0.872 bits per heavy atom. The maximum absolute atomic E-state index is 13.5. The van der Waals surface area contributed by atoms with E-state index in [0.29, 0.717) is 40.9 Å². The number of ketones is 1. The lowest BCUT2D eigenvalue weighted by atomic mass is 9.79. The number of amides is 4. The number of anilines is 2. The minimum atomic E-state index is -0.660. The Morgan fingerprint density at radius 3 is 2.28 bits per heavy atom. The molecule has 0 radical (unpaired) electrons. The van der Waals surface area contributed by atoms with Gasteiger partial charge in [0.15, 0.2) is 0 Å². The van der Waals surface area contributed by atoms with Gasteiger partial charge in [-0.3, -0.25) is 14.4 Å². The Labute approximate surface area is 273 Å². The number of nitrogens with zero attached hydrogens (tertiary/aromatic N) is 2. The van der Waals surface area contributed by atoms with Gasteiger partial charge in [-0.15, -0.1) is 0 Å². The summed E-state index contributed by atoms with van der Waals surface area (Å²) >= 11 is 0. The Morgan fingerprint density at radius 2 is 1.57 bits per heavy atom. The number of aromatic amines is 1. The van der Waals surface area contributed by atoms with Crippen LogP contribution < -0.4 is 16.1 Å². The summed E-state index contributed by atoms with van der Waals surface area (Å²) in [6, 6.07) is 20.6. The second-order valence-electron chi connectivity index (χ2n) is 13.0. The Kier molecular flexibility index (Phi) is 8.41. The number of carbonyl (C=O) groups is 4. The second-order valence-corrected chi connectivity index (χ2v) is 13.0. The van der Waals surface area contributed by atoms with Crippen LogP contribution in [0, 0.1) is 0 Å². The smallest absolute Gasteiger partial charge is 0.399 e. The number of hydrogen-bond donors (Lipinski definition) is 3. The fourth-order valence-electron chi connectivity index (χ4n) is 5.93. The minimum Gasteiger partial charge on any atom is -0.399 e. The molecule has 1 aromatic heterocycles. The zero-order valence-electron chi connectivity index (χ0n) is 27.1. The summed E-state index contributed by atoms with van der Waals surface area (Å²) in [6.07, 6.45) is 1.49. The molecular weight excluding hydrogens is 597 g/mol. The zero-order valence-corrected chi connectivity index (χ0v) is 27.1. The van der Waals surface area contributed by atoms with Crippen LogP contribution in [-0.2, 0) is 14.1 Å². The van der Waals surface area contributed by atoms with Gasteiger partial charge in [0.25, 0.3) is 17.6 Å². The number of hydrogen-bond acceptors (Lipinski definition) is 6. The first kappa shape index (κ1) is 32.0. The van der Waals surface area contributed by atoms with Crippen molar-refractivity contribution in [1.82, 2.24) is 14.8 Å². The molecule has 47 heavy (non-hydrogen) atoms. The van der Waals surface area contributed by atoms with Gasteiger partial charge in [0.1, 0.15) is 0 Å². The van der Waals surface area contributed by atoms with Crippen molar-refractivity contribution >= 4 is 58.5 Å². The van der Waals surface area contributed by atoms with E-state index < -0.39 is 36.0 Å². The van der Waals surface area contributed by atoms with Gasteiger partial charge in [-0.25, -0.2) is 4.79 Å². The molecular formula is C35H38BN5O6. The first-order valence-electron chi connectivity index (χ1n) is 15.7. The predicted molar refractivity (Wildman–Crippen MR) is 181 cm³/mol. The van der Waals surface area contributed by atoms with E-state index in [2.05, 4.69) is 15.6 Å². The number of benzene rings is 3. The number of aromatic nitrogens is 1. The van der Waals surface area contributed by atoms with Gasteiger partial charge in [-0.2, -0.15) is 0 Å². The molecule has 2 aliphatic heterocycles. The SMILES string of the molecule is C[C@@H]1CN(C(=O)c2ccccc2)CCN1C(=O)C(=O)c1c[nH]c2c(NC(=O)Nc3cccc(B4OC(C)(C)C(C)(C)O4)c3)cccc12. The molecule has 4 aromatic rings. The zero-order chi connectivity index (χ0) is 33.5. The van der Waals surface area contributed by atoms with Gasteiger partial charge in [0.05, 0.1) is 28.0 Å². The first-order valence-corrected chi connectivity index (χ1v) is 15.7. The van der Waals surface area contributed by atoms with Crippen LogP contribution in [0.2, 0.25) is 0 Å². The summed E-state index contributed by atoms with van der Waals surface area (Å²) in [5, 5.41) is 6.20. The van der Waals surface area contributed by atoms with Crippen LogP contribution in [-0.4, -0.2) is 82.4 Å². The average molecular weight is 636 g/mol. The van der Waals surface area contributed by atoms with E-state index in [0.717, 1.165) is 5.46 Å². The molecule has 0 spiro atoms. The lowest BCUT2D eigenvalue weighted by molar-refractivity contribution is -0.130. The number of carbonyl (C=O) groups excluding carboxylic acids is 4. The highest BCUT2D eigenvalue weighted by atomic mass is 16.7. The highest BCUT2D eigenvalue weighted by Gasteiger charge is 2.51. The maximum atomic E-state index is 13.5. The second kappa shape index (κ2) is 12.3. The number of rotatable bonds is 6. The molecule has 4 amide bonds. The highest BCUT2D eigenvalue weighted by molar-refractivity contribution is 6.62. The van der Waals surface area contributed by atoms with E-state index in [4.69, 9.17) is 9.31 Å². The van der Waals surface area contributed by atoms with Crippen LogP contribution in [0.1, 0.15) is 55.3 Å². The molecule has 1 atom stereocenters. The standard InChI is InChI=1S/C35H38BN5O6/c1-22-21-40(31(43)23-11-7-6-8-12-23)17-18-41(22)32(44)30(42)27-20-37-29-26(27)15-10-16-28(29)39-33(45)38-25-14-9-13-24(19-25)36-46-34(2,3)35(4,5)47-36/h6-16,19-20,22,37H,17-18,21H2,1-5H3,(H2,38,39,45)/t22-/m1/s1. The van der Waals surface area contributed by atoms with Gasteiger partial charge < -0.3 is 34.7 Å². The molecule has 0 saturated carbocycles. The van der Waals surface area contributed by atoms with Crippen LogP contribution in [0.25, 0.3) is 10.9 Å². The molecule has 0 aliphatic carbocycles. The van der Waals surface area contributed by atoms with E-state index in [1.54, 1.807) is 47.4 Å². The Balaban J connectivity index is 1.11. The summed E-state index contributed by atoms with van der Waals surface area (Å²) in [5.41, 5.74) is 2.09. The van der Waals surface area contributed by atoms with E-state index >= 15 is 0 Å². The molecule has 6 rings (SSSR count). The number of Topliss-reactive ketones (excluding diaryl/α,β-unsaturated/α-hetero) is 1. The molecule has 2 fully saturated rings. The van der Waals surface area contributed by atoms with Gasteiger partial charge in [-0.1, -0.05) is 42.5 Å². The van der Waals surface area contributed by atoms with Crippen LogP contribution in [0.3, 0.4) is 0 Å². The molecule has 11 nitrogen and oxygen atoms in total. The molecule has 3 heterocycles. The van der Waals surface area contributed by atoms with Crippen molar-refractivity contribution in [3.8, 4) is 0 Å².